The van der Waals surface area contributed by atoms with Gasteiger partial charge in [0.15, 0.2) is 6.29 Å². The van der Waals surface area contributed by atoms with Crippen LogP contribution in [-0.4, -0.2) is 64.3 Å². The van der Waals surface area contributed by atoms with Gasteiger partial charge in [-0.15, -0.1) is 0 Å². The summed E-state index contributed by atoms with van der Waals surface area (Å²) in [4.78, 5) is 0. The van der Waals surface area contributed by atoms with Crippen LogP contribution in [0.1, 0.15) is 73.1 Å². The van der Waals surface area contributed by atoms with E-state index in [0.29, 0.717) is 0 Å². The van der Waals surface area contributed by atoms with Crippen LogP contribution in [0.5, 0.6) is 0 Å². The second-order valence-electron chi connectivity index (χ2n) is 9.08. The van der Waals surface area contributed by atoms with Crippen LogP contribution in [0.3, 0.4) is 0 Å². The lowest BCUT2D eigenvalue weighted by atomic mass is 9.99. The Morgan fingerprint density at radius 1 is 0.719 bits per heavy atom. The summed E-state index contributed by atoms with van der Waals surface area (Å²) in [6.07, 6.45) is 8.90. The number of hydrogen-bond acceptors (Lipinski definition) is 6. The maximum Gasteiger partial charge on any atom is 0.187 e. The summed E-state index contributed by atoms with van der Waals surface area (Å²) in [5.74, 6) is 0. The summed E-state index contributed by atoms with van der Waals surface area (Å²) < 4.78 is 10.8. The van der Waals surface area contributed by atoms with Gasteiger partial charge in [-0.1, -0.05) is 46.6 Å². The van der Waals surface area contributed by atoms with Gasteiger partial charge in [0.1, 0.15) is 24.4 Å². The Hall–Kier alpha value is -1.28. The van der Waals surface area contributed by atoms with Gasteiger partial charge in [-0.05, 0) is 73.1 Å². The average molecular weight is 453 g/mol. The minimum Gasteiger partial charge on any atom is -0.394 e. The summed E-state index contributed by atoms with van der Waals surface area (Å²) >= 11 is 0. The number of rotatable bonds is 13. The van der Waals surface area contributed by atoms with Crippen molar-refractivity contribution in [3.63, 3.8) is 0 Å². The van der Waals surface area contributed by atoms with Crippen LogP contribution in [0.25, 0.3) is 0 Å². The monoisotopic (exact) mass is 452 g/mol. The molecule has 0 saturated carbocycles. The van der Waals surface area contributed by atoms with Gasteiger partial charge in [-0.3, -0.25) is 0 Å². The molecule has 1 saturated heterocycles. The topological polar surface area (TPSA) is 99.4 Å². The van der Waals surface area contributed by atoms with Crippen LogP contribution in [0.15, 0.2) is 46.6 Å². The van der Waals surface area contributed by atoms with Gasteiger partial charge in [0.2, 0.25) is 0 Å². The number of allylic oxidation sites excluding steroid dienone is 7. The van der Waals surface area contributed by atoms with E-state index < -0.39 is 37.3 Å². The molecule has 1 heterocycles. The van der Waals surface area contributed by atoms with E-state index in [4.69, 9.17) is 9.47 Å². The van der Waals surface area contributed by atoms with Gasteiger partial charge < -0.3 is 29.9 Å². The Bertz CT molecular complexity index is 657. The Morgan fingerprint density at radius 3 is 1.72 bits per heavy atom. The van der Waals surface area contributed by atoms with Crippen molar-refractivity contribution >= 4 is 0 Å². The predicted octanol–water partition coefficient (Wildman–Crippen LogP) is 3.95. The van der Waals surface area contributed by atoms with Crippen molar-refractivity contribution in [2.75, 3.05) is 13.2 Å². The third-order valence-corrected chi connectivity index (χ3v) is 5.69. The summed E-state index contributed by atoms with van der Waals surface area (Å²) in [6.45, 7) is 10.4. The Labute approximate surface area is 194 Å². The van der Waals surface area contributed by atoms with Crippen molar-refractivity contribution in [2.24, 2.45) is 0 Å². The number of ether oxygens (including phenoxy) is 2. The van der Waals surface area contributed by atoms with Gasteiger partial charge in [0.25, 0.3) is 0 Å². The van der Waals surface area contributed by atoms with Gasteiger partial charge in [-0.2, -0.15) is 0 Å². The number of aliphatic hydroxyl groups excluding tert-OH is 4. The van der Waals surface area contributed by atoms with Crippen molar-refractivity contribution in [1.82, 2.24) is 0 Å². The molecule has 0 unspecified atom stereocenters. The number of hydrogen-bond donors (Lipinski definition) is 4. The first-order chi connectivity index (χ1) is 15.1. The average Bonchev–Trinajstić information content (AvgIpc) is 2.73. The molecule has 1 rings (SSSR count). The Balaban J connectivity index is 2.32. The predicted molar refractivity (Wildman–Crippen MR) is 128 cm³/mol. The lowest BCUT2D eigenvalue weighted by Gasteiger charge is -2.39. The quantitative estimate of drug-likeness (QED) is 0.316. The summed E-state index contributed by atoms with van der Waals surface area (Å²) in [5, 5.41) is 38.8. The zero-order valence-corrected chi connectivity index (χ0v) is 20.5. The van der Waals surface area contributed by atoms with Crippen LogP contribution >= 0.6 is 0 Å². The van der Waals surface area contributed by atoms with Crippen LogP contribution in [-0.2, 0) is 9.47 Å². The molecule has 0 aliphatic carbocycles. The largest absolute Gasteiger partial charge is 0.394 e. The molecule has 4 N–H and O–H groups in total. The molecule has 0 spiro atoms. The SMILES string of the molecule is CC(C)=CCC/C(C)=C/CC/C(C)=C/CC/C(C)=C\CO[C@@H]1O[C@H](CO)[C@@H](O)[C@H](O)[C@@H]1O. The first kappa shape index (κ1) is 28.8. The maximum absolute atomic E-state index is 9.98. The molecule has 184 valence electrons. The second-order valence-corrected chi connectivity index (χ2v) is 9.08. The van der Waals surface area contributed by atoms with E-state index in [9.17, 15) is 20.4 Å². The third kappa shape index (κ3) is 11.0. The molecule has 0 amide bonds. The Morgan fingerprint density at radius 2 is 1.22 bits per heavy atom. The fourth-order valence-electron chi connectivity index (χ4n) is 3.48. The molecule has 6 nitrogen and oxygen atoms in total. The van der Waals surface area contributed by atoms with Crippen molar-refractivity contribution in [2.45, 2.75) is 104 Å². The number of aliphatic hydroxyl groups is 4. The highest BCUT2D eigenvalue weighted by molar-refractivity contribution is 5.07. The van der Waals surface area contributed by atoms with Crippen molar-refractivity contribution < 1.29 is 29.9 Å². The molecule has 0 bridgehead atoms. The van der Waals surface area contributed by atoms with E-state index in [1.54, 1.807) is 0 Å². The second kappa shape index (κ2) is 15.5. The molecule has 0 aromatic heterocycles. The van der Waals surface area contributed by atoms with Crippen molar-refractivity contribution in [3.8, 4) is 0 Å². The van der Waals surface area contributed by atoms with Crippen LogP contribution in [0.2, 0.25) is 0 Å². The van der Waals surface area contributed by atoms with Crippen molar-refractivity contribution in [1.29, 1.82) is 0 Å². The van der Waals surface area contributed by atoms with Gasteiger partial charge >= 0.3 is 0 Å². The van der Waals surface area contributed by atoms with Crippen LogP contribution in [0.4, 0.5) is 0 Å². The third-order valence-electron chi connectivity index (χ3n) is 5.69. The van der Waals surface area contributed by atoms with Crippen molar-refractivity contribution in [3.05, 3.63) is 46.6 Å². The van der Waals surface area contributed by atoms with E-state index in [2.05, 4.69) is 45.9 Å². The molecule has 0 aromatic carbocycles. The molecule has 1 aliphatic heterocycles. The summed E-state index contributed by atoms with van der Waals surface area (Å²) in [5.41, 5.74) is 5.38. The summed E-state index contributed by atoms with van der Waals surface area (Å²) in [6, 6.07) is 0. The molecule has 32 heavy (non-hydrogen) atoms. The highest BCUT2D eigenvalue weighted by Gasteiger charge is 2.43. The van der Waals surface area contributed by atoms with E-state index in [1.807, 2.05) is 13.0 Å². The minimum absolute atomic E-state index is 0.216. The molecule has 0 aromatic rings. The molecule has 6 heteroatoms. The first-order valence-corrected chi connectivity index (χ1v) is 11.7. The molecular formula is C26H44O6. The zero-order chi connectivity index (χ0) is 24.1. The smallest absolute Gasteiger partial charge is 0.187 e. The lowest BCUT2D eigenvalue weighted by molar-refractivity contribution is -0.298. The first-order valence-electron chi connectivity index (χ1n) is 11.7. The zero-order valence-electron chi connectivity index (χ0n) is 20.5. The van der Waals surface area contributed by atoms with Gasteiger partial charge in [0, 0.05) is 0 Å². The molecule has 1 aliphatic rings. The molecule has 0 radical (unpaired) electrons. The highest BCUT2D eigenvalue weighted by Crippen LogP contribution is 2.22. The van der Waals surface area contributed by atoms with Gasteiger partial charge in [-0.25, -0.2) is 0 Å². The van der Waals surface area contributed by atoms with E-state index >= 15 is 0 Å². The fourth-order valence-corrected chi connectivity index (χ4v) is 3.48. The molecule has 5 atom stereocenters. The Kier molecular flexibility index (Phi) is 14.0. The standard InChI is InChI=1S/C26H44O6/c1-18(2)9-6-10-19(3)11-7-12-20(4)13-8-14-21(5)15-16-31-26-25(30)24(29)23(28)22(17-27)32-26/h9,11,13,15,22-30H,6-8,10,12,14,16-17H2,1-5H3/b19-11+,20-13+,21-15-/t22-,23-,24+,25+,26-/m1/s1. The molecular weight excluding hydrogens is 408 g/mol. The maximum atomic E-state index is 9.98. The molecule has 1 fully saturated rings. The normalized spacial score (nSPS) is 27.5. The van der Waals surface area contributed by atoms with E-state index in [-0.39, 0.29) is 6.61 Å². The lowest BCUT2D eigenvalue weighted by Crippen LogP contribution is -2.59. The highest BCUT2D eigenvalue weighted by atomic mass is 16.7. The van der Waals surface area contributed by atoms with E-state index in [1.165, 1.54) is 16.7 Å². The minimum atomic E-state index is -1.42. The summed E-state index contributed by atoms with van der Waals surface area (Å²) in [7, 11) is 0. The van der Waals surface area contributed by atoms with Crippen LogP contribution in [0, 0.1) is 0 Å². The van der Waals surface area contributed by atoms with E-state index in [0.717, 1.165) is 44.1 Å². The van der Waals surface area contributed by atoms with Crippen LogP contribution < -0.4 is 0 Å². The van der Waals surface area contributed by atoms with Gasteiger partial charge in [0.05, 0.1) is 13.2 Å². The fraction of sp³-hybridized carbons (Fsp3) is 0.692.